The van der Waals surface area contributed by atoms with Crippen molar-refractivity contribution in [1.29, 1.82) is 0 Å². The van der Waals surface area contributed by atoms with Gasteiger partial charge in [-0.25, -0.2) is 9.67 Å². The number of hydrogen-bond acceptors (Lipinski definition) is 7. The molecule has 10 heteroatoms. The number of aromatic nitrogens is 3. The molecular weight excluding hydrogens is 244 g/mol. The van der Waals surface area contributed by atoms with Crippen LogP contribution >= 0.6 is 0 Å². The van der Waals surface area contributed by atoms with Crippen LogP contribution in [0.2, 0.25) is 0 Å². The number of nitrogens with zero attached hydrogens (tertiary/aromatic N) is 5. The van der Waals surface area contributed by atoms with Gasteiger partial charge in [0, 0.05) is 12.1 Å². The van der Waals surface area contributed by atoms with Gasteiger partial charge in [-0.05, 0) is 0 Å². The van der Waals surface area contributed by atoms with Crippen molar-refractivity contribution in [3.63, 3.8) is 0 Å². The van der Waals surface area contributed by atoms with Crippen LogP contribution in [0.1, 0.15) is 0 Å². The molecule has 0 aliphatic rings. The van der Waals surface area contributed by atoms with Crippen LogP contribution in [0.25, 0.3) is 5.69 Å². The first kappa shape index (κ1) is 11.4. The molecule has 0 aliphatic carbocycles. The van der Waals surface area contributed by atoms with Crippen LogP contribution in [0.4, 0.5) is 17.1 Å². The number of nitro benzene ring substituents is 2. The van der Waals surface area contributed by atoms with E-state index >= 15 is 0 Å². The molecule has 0 aliphatic heterocycles. The molecule has 2 N–H and O–H groups in total. The van der Waals surface area contributed by atoms with Crippen LogP contribution in [0, 0.1) is 20.2 Å². The van der Waals surface area contributed by atoms with E-state index in [1.54, 1.807) is 0 Å². The van der Waals surface area contributed by atoms with Gasteiger partial charge < -0.3 is 5.73 Å². The number of rotatable bonds is 3. The highest BCUT2D eigenvalue weighted by Crippen LogP contribution is 2.33. The van der Waals surface area contributed by atoms with Gasteiger partial charge in [-0.2, -0.15) is 5.10 Å². The summed E-state index contributed by atoms with van der Waals surface area (Å²) in [6, 6.07) is 2.19. The van der Waals surface area contributed by atoms with Crippen LogP contribution in [-0.4, -0.2) is 24.6 Å². The lowest BCUT2D eigenvalue weighted by Crippen LogP contribution is -2.04. The summed E-state index contributed by atoms with van der Waals surface area (Å²) in [6.07, 6.45) is 2.47. The fourth-order valence-corrected chi connectivity index (χ4v) is 1.38. The molecule has 1 aromatic heterocycles. The predicted octanol–water partition coefficient (Wildman–Crippen LogP) is 0.666. The summed E-state index contributed by atoms with van der Waals surface area (Å²) in [5.74, 6) is 0. The summed E-state index contributed by atoms with van der Waals surface area (Å²) in [4.78, 5) is 23.6. The second-order valence-electron chi connectivity index (χ2n) is 3.25. The van der Waals surface area contributed by atoms with Gasteiger partial charge >= 0.3 is 11.4 Å². The summed E-state index contributed by atoms with van der Waals surface area (Å²) in [5, 5.41) is 25.3. The van der Waals surface area contributed by atoms with Gasteiger partial charge in [0.15, 0.2) is 5.69 Å². The largest absolute Gasteiger partial charge is 0.387 e. The Hall–Kier alpha value is -3.04. The Morgan fingerprint density at radius 3 is 2.11 bits per heavy atom. The molecule has 18 heavy (non-hydrogen) atoms. The van der Waals surface area contributed by atoms with Crippen LogP contribution in [-0.2, 0) is 0 Å². The number of hydrogen-bond donors (Lipinski definition) is 1. The topological polar surface area (TPSA) is 143 Å². The van der Waals surface area contributed by atoms with E-state index in [0.717, 1.165) is 12.1 Å². The second-order valence-corrected chi connectivity index (χ2v) is 3.25. The summed E-state index contributed by atoms with van der Waals surface area (Å²) in [5.41, 5.74) is 3.93. The minimum atomic E-state index is -0.789. The maximum Gasteiger partial charge on any atom is 0.301 e. The molecular formula is C8H6N6O4. The first-order valence-electron chi connectivity index (χ1n) is 4.58. The number of nitrogens with two attached hydrogens (primary N) is 1. The average Bonchev–Trinajstić information content (AvgIpc) is 2.82. The van der Waals surface area contributed by atoms with Gasteiger partial charge in [-0.15, -0.1) is 0 Å². The smallest absolute Gasteiger partial charge is 0.301 e. The van der Waals surface area contributed by atoms with Crippen LogP contribution < -0.4 is 5.73 Å². The molecule has 2 rings (SSSR count). The van der Waals surface area contributed by atoms with Gasteiger partial charge in [-0.1, -0.05) is 0 Å². The lowest BCUT2D eigenvalue weighted by atomic mass is 10.2. The summed E-state index contributed by atoms with van der Waals surface area (Å²) in [7, 11) is 0. The second kappa shape index (κ2) is 4.08. The highest BCUT2D eigenvalue weighted by atomic mass is 16.6. The van der Waals surface area contributed by atoms with Gasteiger partial charge in [0.1, 0.15) is 12.7 Å². The van der Waals surface area contributed by atoms with Crippen molar-refractivity contribution in [1.82, 2.24) is 14.8 Å². The zero-order chi connectivity index (χ0) is 13.3. The van der Waals surface area contributed by atoms with Crippen molar-refractivity contribution in [2.45, 2.75) is 0 Å². The Bertz CT molecular complexity index is 588. The van der Waals surface area contributed by atoms with Crippen molar-refractivity contribution in [3.05, 3.63) is 45.0 Å². The summed E-state index contributed by atoms with van der Waals surface area (Å²) in [6.45, 7) is 0. The van der Waals surface area contributed by atoms with Crippen molar-refractivity contribution in [3.8, 4) is 5.69 Å². The summed E-state index contributed by atoms with van der Waals surface area (Å²) < 4.78 is 1.17. The Balaban J connectivity index is 2.70. The standard InChI is InChI=1S/C8H6N6O4/c9-8-6(13(15)16)1-5(2-7(8)14(17)18)12-4-10-3-11-12/h1-4H,9H2. The van der Waals surface area contributed by atoms with E-state index in [-0.39, 0.29) is 5.69 Å². The molecule has 0 bridgehead atoms. The molecule has 1 aromatic carbocycles. The van der Waals surface area contributed by atoms with E-state index in [1.165, 1.54) is 17.3 Å². The van der Waals surface area contributed by atoms with E-state index in [4.69, 9.17) is 5.73 Å². The molecule has 0 radical (unpaired) electrons. The van der Waals surface area contributed by atoms with Crippen molar-refractivity contribution < 1.29 is 9.85 Å². The average molecular weight is 250 g/mol. The maximum atomic E-state index is 10.8. The molecule has 10 nitrogen and oxygen atoms in total. The van der Waals surface area contributed by atoms with Crippen LogP contribution in [0.5, 0.6) is 0 Å². The van der Waals surface area contributed by atoms with Gasteiger partial charge in [0.05, 0.1) is 15.5 Å². The van der Waals surface area contributed by atoms with Gasteiger partial charge in [0.2, 0.25) is 0 Å². The SMILES string of the molecule is Nc1c([N+](=O)[O-])cc(-n2cncn2)cc1[N+](=O)[O-]. The number of nitrogen functional groups attached to an aromatic ring is 1. The molecule has 0 saturated heterocycles. The number of nitro groups is 2. The third kappa shape index (κ3) is 1.81. The molecule has 0 atom stereocenters. The first-order chi connectivity index (χ1) is 8.50. The van der Waals surface area contributed by atoms with E-state index in [9.17, 15) is 20.2 Å². The third-order valence-corrected chi connectivity index (χ3v) is 2.20. The highest BCUT2D eigenvalue weighted by molar-refractivity contribution is 5.74. The maximum absolute atomic E-state index is 10.8. The molecule has 0 spiro atoms. The van der Waals surface area contributed by atoms with E-state index in [0.29, 0.717) is 0 Å². The lowest BCUT2D eigenvalue weighted by molar-refractivity contribution is -0.392. The Morgan fingerprint density at radius 1 is 1.17 bits per heavy atom. The molecule has 0 unspecified atom stereocenters. The fourth-order valence-electron chi connectivity index (χ4n) is 1.38. The first-order valence-corrected chi connectivity index (χ1v) is 4.58. The van der Waals surface area contributed by atoms with Crippen molar-refractivity contribution >= 4 is 17.1 Å². The minimum absolute atomic E-state index is 0.139. The number of benzene rings is 1. The molecule has 0 amide bonds. The minimum Gasteiger partial charge on any atom is -0.387 e. The Kier molecular flexibility index (Phi) is 2.60. The fraction of sp³-hybridized carbons (Fsp3) is 0. The van der Waals surface area contributed by atoms with Gasteiger partial charge in [-0.3, -0.25) is 20.2 Å². The normalized spacial score (nSPS) is 10.2. The molecule has 1 heterocycles. The lowest BCUT2D eigenvalue weighted by Gasteiger charge is -2.03. The predicted molar refractivity (Wildman–Crippen MR) is 59.1 cm³/mol. The van der Waals surface area contributed by atoms with Crippen molar-refractivity contribution in [2.24, 2.45) is 0 Å². The zero-order valence-corrected chi connectivity index (χ0v) is 8.76. The molecule has 2 aromatic rings. The van der Waals surface area contributed by atoms with E-state index < -0.39 is 26.9 Å². The van der Waals surface area contributed by atoms with Crippen LogP contribution in [0.15, 0.2) is 24.8 Å². The number of anilines is 1. The Labute approximate surface area is 99.0 Å². The summed E-state index contributed by atoms with van der Waals surface area (Å²) >= 11 is 0. The third-order valence-electron chi connectivity index (χ3n) is 2.20. The molecule has 92 valence electrons. The van der Waals surface area contributed by atoms with Crippen LogP contribution in [0.3, 0.4) is 0 Å². The van der Waals surface area contributed by atoms with Gasteiger partial charge in [0.25, 0.3) is 0 Å². The van der Waals surface area contributed by atoms with E-state index in [1.807, 2.05) is 0 Å². The zero-order valence-electron chi connectivity index (χ0n) is 8.76. The highest BCUT2D eigenvalue weighted by Gasteiger charge is 2.24. The Morgan fingerprint density at radius 2 is 1.72 bits per heavy atom. The van der Waals surface area contributed by atoms with E-state index in [2.05, 4.69) is 10.1 Å². The monoisotopic (exact) mass is 250 g/mol. The molecule has 0 saturated carbocycles. The quantitative estimate of drug-likeness (QED) is 0.478. The van der Waals surface area contributed by atoms with Crippen molar-refractivity contribution in [2.75, 3.05) is 5.73 Å². The molecule has 0 fully saturated rings.